The van der Waals surface area contributed by atoms with Gasteiger partial charge in [0.05, 0.1) is 0 Å². The molecule has 0 saturated carbocycles. The Morgan fingerprint density at radius 2 is 0.361 bits per heavy atom. The summed E-state index contributed by atoms with van der Waals surface area (Å²) in [6, 6.07) is 0. The van der Waals surface area contributed by atoms with Gasteiger partial charge in [-0.15, -0.1) is 0 Å². The van der Waals surface area contributed by atoms with E-state index < -0.39 is 29.8 Å². The summed E-state index contributed by atoms with van der Waals surface area (Å²) in [5.74, 6) is -4.63. The van der Waals surface area contributed by atoms with Gasteiger partial charge in [-0.25, -0.2) is 0 Å². The third-order valence-electron chi connectivity index (χ3n) is 9.04. The standard InChI is InChI=1S/5C10H20O2.V/c5*1-10(2,3)8-6-4-5-7-9(11)12;/h5*4-8H2,1-3H3,(H,11,12);/q;;;;;+5/p-5. The first kappa shape index (κ1) is 70.6. The van der Waals surface area contributed by atoms with Crippen molar-refractivity contribution in [3.63, 3.8) is 0 Å². The van der Waals surface area contributed by atoms with Crippen molar-refractivity contribution in [3.8, 4) is 0 Å². The Kier molecular flexibility index (Phi) is 47.1. The number of unbranched alkanes of at least 4 members (excludes halogenated alkanes) is 10. The number of hydrogen-bond acceptors (Lipinski definition) is 10. The Morgan fingerprint density at radius 3 is 0.443 bits per heavy atom. The number of hydrogen-bond donors (Lipinski definition) is 0. The normalized spacial score (nSPS) is 11.4. The molecule has 0 fully saturated rings. The van der Waals surface area contributed by atoms with Gasteiger partial charge in [0, 0.05) is 29.8 Å². The minimum absolute atomic E-state index is 0. The molecule has 0 radical (unpaired) electrons. The maximum atomic E-state index is 10.0. The summed E-state index contributed by atoms with van der Waals surface area (Å²) >= 11 is 0. The van der Waals surface area contributed by atoms with Crippen molar-refractivity contribution in [2.45, 2.75) is 264 Å². The van der Waals surface area contributed by atoms with Gasteiger partial charge in [0.25, 0.3) is 0 Å². The molecule has 61 heavy (non-hydrogen) atoms. The largest absolute Gasteiger partial charge is 5.00 e. The number of carbonyl (C=O) groups excluding carboxylic acids is 5. The summed E-state index contributed by atoms with van der Waals surface area (Å²) in [4.78, 5) is 50.2. The second-order valence-electron chi connectivity index (χ2n) is 22.5. The van der Waals surface area contributed by atoms with Gasteiger partial charge >= 0.3 is 18.6 Å². The van der Waals surface area contributed by atoms with E-state index in [4.69, 9.17) is 0 Å². The molecule has 0 atom stereocenters. The van der Waals surface area contributed by atoms with Gasteiger partial charge < -0.3 is 49.5 Å². The van der Waals surface area contributed by atoms with E-state index in [2.05, 4.69) is 104 Å². The quantitative estimate of drug-likeness (QED) is 0.0798. The molecule has 0 aliphatic carbocycles. The van der Waals surface area contributed by atoms with Gasteiger partial charge in [-0.3, -0.25) is 0 Å². The topological polar surface area (TPSA) is 201 Å². The van der Waals surface area contributed by atoms with Crippen molar-refractivity contribution in [1.82, 2.24) is 0 Å². The molecular weight excluding hydrogens is 811 g/mol. The van der Waals surface area contributed by atoms with Gasteiger partial charge in [0.2, 0.25) is 0 Å². The molecule has 0 amide bonds. The fourth-order valence-corrected chi connectivity index (χ4v) is 5.51. The minimum atomic E-state index is -0.925. The van der Waals surface area contributed by atoms with Gasteiger partial charge in [-0.2, -0.15) is 0 Å². The molecule has 0 rings (SSSR count). The van der Waals surface area contributed by atoms with Gasteiger partial charge in [0.1, 0.15) is 0 Å². The van der Waals surface area contributed by atoms with Crippen molar-refractivity contribution in [1.29, 1.82) is 0 Å². The van der Waals surface area contributed by atoms with Crippen molar-refractivity contribution >= 4 is 29.8 Å². The van der Waals surface area contributed by atoms with E-state index in [1.54, 1.807) is 0 Å². The van der Waals surface area contributed by atoms with E-state index >= 15 is 0 Å². The second kappa shape index (κ2) is 40.7. The summed E-state index contributed by atoms with van der Waals surface area (Å²) in [5.41, 5.74) is 1.88. The van der Waals surface area contributed by atoms with E-state index in [1.807, 2.05) is 0 Å². The molecule has 0 unspecified atom stereocenters. The molecule has 360 valence electrons. The molecule has 0 heterocycles. The van der Waals surface area contributed by atoms with Crippen LogP contribution in [0.3, 0.4) is 0 Å². The Balaban J connectivity index is -0.000000154. The van der Waals surface area contributed by atoms with E-state index in [1.165, 1.54) is 32.1 Å². The Labute approximate surface area is 387 Å². The molecule has 0 aliphatic rings. The van der Waals surface area contributed by atoms with Crippen LogP contribution < -0.4 is 25.5 Å². The number of carboxylic acids is 5. The molecule has 11 heteroatoms. The smallest absolute Gasteiger partial charge is 0.550 e. The summed E-state index contributed by atoms with van der Waals surface area (Å²) in [7, 11) is 0. The Bertz CT molecular complexity index is 871. The third kappa shape index (κ3) is 98.3. The second-order valence-corrected chi connectivity index (χ2v) is 22.5. The van der Waals surface area contributed by atoms with E-state index in [-0.39, 0.29) is 50.7 Å². The SMILES string of the molecule is CC(C)(C)CCCCCC(=O)[O-].CC(C)(C)CCCCCC(=O)[O-].CC(C)(C)CCCCCC(=O)[O-].CC(C)(C)CCCCCC(=O)[O-].CC(C)(C)CCCCCC(=O)[O-].[V+5]. The van der Waals surface area contributed by atoms with Crippen molar-refractivity contribution < 1.29 is 68.1 Å². The maximum Gasteiger partial charge on any atom is 5.00 e. The zero-order valence-electron chi connectivity index (χ0n) is 42.2. The number of carboxylic acid groups (broad SMARTS) is 5. The number of carbonyl (C=O) groups is 5. The van der Waals surface area contributed by atoms with Crippen molar-refractivity contribution in [2.24, 2.45) is 27.1 Å². The predicted octanol–water partition coefficient (Wildman–Crippen LogP) is 8.66. The molecule has 0 aromatic carbocycles. The van der Waals surface area contributed by atoms with Crippen LogP contribution in [0.1, 0.15) is 264 Å². The molecule has 0 N–H and O–H groups in total. The van der Waals surface area contributed by atoms with Gasteiger partial charge in [0.15, 0.2) is 0 Å². The summed E-state index contributed by atoms with van der Waals surface area (Å²) < 4.78 is 0. The molecular formula is C50H95O10V. The molecule has 0 aromatic heterocycles. The van der Waals surface area contributed by atoms with Crippen LogP contribution in [0.5, 0.6) is 0 Å². The fourth-order valence-electron chi connectivity index (χ4n) is 5.51. The van der Waals surface area contributed by atoms with Gasteiger partial charge in [-0.1, -0.05) is 168 Å². The summed E-state index contributed by atoms with van der Waals surface area (Å²) in [5, 5.41) is 50.2. The van der Waals surface area contributed by atoms with Crippen LogP contribution in [0.4, 0.5) is 0 Å². The molecule has 0 bridgehead atoms. The van der Waals surface area contributed by atoms with Crippen LogP contribution in [-0.4, -0.2) is 29.8 Å². The average molecular weight is 907 g/mol. The first-order valence-corrected chi connectivity index (χ1v) is 23.1. The van der Waals surface area contributed by atoms with E-state index in [0.29, 0.717) is 27.1 Å². The van der Waals surface area contributed by atoms with Crippen LogP contribution in [0.25, 0.3) is 0 Å². The first-order valence-electron chi connectivity index (χ1n) is 23.1. The zero-order valence-corrected chi connectivity index (χ0v) is 43.6. The van der Waals surface area contributed by atoms with Gasteiger partial charge in [-0.05, 0) is 123 Å². The number of rotatable bonds is 25. The molecule has 0 aromatic rings. The Morgan fingerprint density at radius 1 is 0.246 bits per heavy atom. The monoisotopic (exact) mass is 907 g/mol. The van der Waals surface area contributed by atoms with E-state index in [0.717, 1.165) is 96.3 Å². The summed E-state index contributed by atoms with van der Waals surface area (Å²) in [6.07, 6.45) is 21.3. The van der Waals surface area contributed by atoms with Crippen molar-refractivity contribution in [2.75, 3.05) is 0 Å². The molecule has 0 spiro atoms. The third-order valence-corrected chi connectivity index (χ3v) is 9.04. The van der Waals surface area contributed by atoms with Crippen LogP contribution in [0.15, 0.2) is 0 Å². The zero-order chi connectivity index (χ0) is 48.1. The first-order chi connectivity index (χ1) is 27.1. The van der Waals surface area contributed by atoms with Crippen LogP contribution in [0.2, 0.25) is 0 Å². The fraction of sp³-hybridized carbons (Fsp3) is 0.900. The average Bonchev–Trinajstić information content (AvgIpc) is 3.02. The Hall–Kier alpha value is -2.07. The summed E-state index contributed by atoms with van der Waals surface area (Å²) in [6.45, 7) is 33.0. The van der Waals surface area contributed by atoms with Crippen LogP contribution in [-0.2, 0) is 42.5 Å². The molecule has 10 nitrogen and oxygen atoms in total. The minimum Gasteiger partial charge on any atom is -0.550 e. The molecule has 0 aliphatic heterocycles. The van der Waals surface area contributed by atoms with Crippen LogP contribution in [0, 0.1) is 27.1 Å². The molecule has 0 saturated heterocycles. The number of aliphatic carboxylic acids is 5. The van der Waals surface area contributed by atoms with Crippen LogP contribution >= 0.6 is 0 Å². The van der Waals surface area contributed by atoms with Crippen molar-refractivity contribution in [3.05, 3.63) is 0 Å². The maximum absolute atomic E-state index is 10.0. The predicted molar refractivity (Wildman–Crippen MR) is 238 cm³/mol. The van der Waals surface area contributed by atoms with E-state index in [9.17, 15) is 49.5 Å².